The number of likely N-dealkylation sites (tertiary alicyclic amines) is 1. The highest BCUT2D eigenvalue weighted by Crippen LogP contribution is 2.32. The topological polar surface area (TPSA) is 29.3 Å². The van der Waals surface area contributed by atoms with Crippen LogP contribution in [0.3, 0.4) is 0 Å². The molecule has 1 saturated heterocycles. The van der Waals surface area contributed by atoms with Gasteiger partial charge in [0.1, 0.15) is 4.34 Å². The lowest BCUT2D eigenvalue weighted by Crippen LogP contribution is -2.42. The predicted molar refractivity (Wildman–Crippen MR) is 76.8 cm³/mol. The zero-order valence-electron chi connectivity index (χ0n) is 8.79. The number of hydrogen-bond donors (Lipinski definition) is 1. The van der Waals surface area contributed by atoms with Crippen LogP contribution in [-0.4, -0.2) is 24.0 Å². The molecule has 2 rings (SSSR count). The van der Waals surface area contributed by atoms with Gasteiger partial charge in [0.2, 0.25) is 0 Å². The third-order valence-corrected chi connectivity index (χ3v) is 5.08. The molecule has 2 N–H and O–H groups in total. The van der Waals surface area contributed by atoms with Crippen LogP contribution in [0.4, 0.5) is 0 Å². The van der Waals surface area contributed by atoms with Crippen LogP contribution in [0.5, 0.6) is 0 Å². The van der Waals surface area contributed by atoms with Gasteiger partial charge in [0.25, 0.3) is 0 Å². The zero-order valence-corrected chi connectivity index (χ0v) is 12.8. The monoisotopic (exact) mass is 344 g/mol. The fourth-order valence-electron chi connectivity index (χ4n) is 1.92. The summed E-state index contributed by atoms with van der Waals surface area (Å²) in [6, 6.07) is 2.45. The first-order valence-corrected chi connectivity index (χ1v) is 7.05. The average Bonchev–Trinajstić information content (AvgIpc) is 2.45. The molecule has 16 heavy (non-hydrogen) atoms. The Labute approximate surface area is 120 Å². The van der Waals surface area contributed by atoms with Crippen molar-refractivity contribution in [2.24, 2.45) is 5.73 Å². The van der Waals surface area contributed by atoms with Crippen LogP contribution in [0.2, 0.25) is 4.34 Å². The minimum Gasteiger partial charge on any atom is -0.327 e. The Balaban J connectivity index is 0.00000128. The Morgan fingerprint density at radius 1 is 1.62 bits per heavy atom. The maximum Gasteiger partial charge on any atom is 0.107 e. The minimum absolute atomic E-state index is 0. The molecule has 1 atom stereocenters. The van der Waals surface area contributed by atoms with Crippen LogP contribution in [0, 0.1) is 0 Å². The first-order valence-electron chi connectivity index (χ1n) is 5.07. The summed E-state index contributed by atoms with van der Waals surface area (Å²) in [6.45, 7) is 3.14. The van der Waals surface area contributed by atoms with Crippen molar-refractivity contribution in [1.29, 1.82) is 0 Å². The molecule has 0 aromatic carbocycles. The van der Waals surface area contributed by atoms with E-state index in [2.05, 4.69) is 26.9 Å². The molecule has 0 bridgehead atoms. The maximum absolute atomic E-state index is 6.00. The average molecular weight is 346 g/mol. The second-order valence-electron chi connectivity index (χ2n) is 3.97. The normalized spacial score (nSPS) is 21.8. The standard InChI is InChI=1S/C10H14BrClN2S.ClH/c11-9-4-8(15-10(9)12)6-14-3-1-2-7(13)5-14;/h4,7H,1-3,5-6,13H2;1H. The SMILES string of the molecule is Cl.NC1CCCN(Cc2cc(Br)c(Cl)s2)C1. The van der Waals surface area contributed by atoms with Crippen molar-refractivity contribution in [3.63, 3.8) is 0 Å². The summed E-state index contributed by atoms with van der Waals surface area (Å²) in [5.74, 6) is 0. The lowest BCUT2D eigenvalue weighted by molar-refractivity contribution is 0.203. The van der Waals surface area contributed by atoms with E-state index in [0.29, 0.717) is 6.04 Å². The van der Waals surface area contributed by atoms with Crippen molar-refractivity contribution < 1.29 is 0 Å². The summed E-state index contributed by atoms with van der Waals surface area (Å²) in [5.41, 5.74) is 5.94. The van der Waals surface area contributed by atoms with Crippen LogP contribution in [0.15, 0.2) is 10.5 Å². The molecule has 0 radical (unpaired) electrons. The second kappa shape index (κ2) is 6.57. The molecule has 1 aromatic rings. The number of thiophene rings is 1. The molecular formula is C10H15BrCl2N2S. The van der Waals surface area contributed by atoms with Gasteiger partial charge < -0.3 is 5.73 Å². The van der Waals surface area contributed by atoms with Crippen LogP contribution in [-0.2, 0) is 6.54 Å². The molecule has 0 aliphatic carbocycles. The Hall–Kier alpha value is 0.680. The summed E-state index contributed by atoms with van der Waals surface area (Å²) < 4.78 is 1.84. The van der Waals surface area contributed by atoms with E-state index >= 15 is 0 Å². The van der Waals surface area contributed by atoms with Gasteiger partial charge in [0.15, 0.2) is 0 Å². The number of halogens is 3. The highest BCUT2D eigenvalue weighted by atomic mass is 79.9. The van der Waals surface area contributed by atoms with Gasteiger partial charge in [-0.15, -0.1) is 23.7 Å². The molecule has 1 aliphatic heterocycles. The predicted octanol–water partition coefficient (Wildman–Crippen LogP) is 3.51. The Kier molecular flexibility index (Phi) is 6.05. The van der Waals surface area contributed by atoms with E-state index in [1.54, 1.807) is 11.3 Å². The highest BCUT2D eigenvalue weighted by molar-refractivity contribution is 9.10. The lowest BCUT2D eigenvalue weighted by Gasteiger charge is -2.30. The molecule has 0 spiro atoms. The van der Waals surface area contributed by atoms with E-state index in [-0.39, 0.29) is 12.4 Å². The van der Waals surface area contributed by atoms with E-state index in [9.17, 15) is 0 Å². The Morgan fingerprint density at radius 3 is 2.94 bits per heavy atom. The molecule has 1 aromatic heterocycles. The molecule has 2 nitrogen and oxygen atoms in total. The third-order valence-electron chi connectivity index (χ3n) is 2.62. The number of rotatable bonds is 2. The van der Waals surface area contributed by atoms with Gasteiger partial charge >= 0.3 is 0 Å². The fraction of sp³-hybridized carbons (Fsp3) is 0.600. The molecule has 1 fully saturated rings. The zero-order chi connectivity index (χ0) is 10.8. The summed E-state index contributed by atoms with van der Waals surface area (Å²) in [7, 11) is 0. The van der Waals surface area contributed by atoms with Crippen molar-refractivity contribution >= 4 is 51.3 Å². The first kappa shape index (κ1) is 14.7. The lowest BCUT2D eigenvalue weighted by atomic mass is 10.1. The van der Waals surface area contributed by atoms with Gasteiger partial charge in [0.05, 0.1) is 0 Å². The van der Waals surface area contributed by atoms with Gasteiger partial charge in [-0.2, -0.15) is 0 Å². The maximum atomic E-state index is 6.00. The smallest absolute Gasteiger partial charge is 0.107 e. The van der Waals surface area contributed by atoms with Gasteiger partial charge in [-0.3, -0.25) is 4.90 Å². The minimum atomic E-state index is 0. The van der Waals surface area contributed by atoms with Crippen LogP contribution in [0.25, 0.3) is 0 Å². The van der Waals surface area contributed by atoms with Gasteiger partial charge in [0, 0.05) is 28.5 Å². The second-order valence-corrected chi connectivity index (χ2v) is 6.56. The molecule has 1 aliphatic rings. The van der Waals surface area contributed by atoms with Crippen molar-refractivity contribution in [3.05, 3.63) is 19.8 Å². The molecule has 92 valence electrons. The molecule has 0 saturated carbocycles. The summed E-state index contributed by atoms with van der Waals surface area (Å²) in [6.07, 6.45) is 2.37. The number of hydrogen-bond acceptors (Lipinski definition) is 3. The molecule has 2 heterocycles. The molecule has 6 heteroatoms. The highest BCUT2D eigenvalue weighted by Gasteiger charge is 2.17. The Bertz CT molecular complexity index is 326. The van der Waals surface area contributed by atoms with Crippen molar-refractivity contribution in [3.8, 4) is 0 Å². The van der Waals surface area contributed by atoms with E-state index in [4.69, 9.17) is 17.3 Å². The third kappa shape index (κ3) is 3.86. The summed E-state index contributed by atoms with van der Waals surface area (Å²) >= 11 is 11.1. The number of nitrogens with two attached hydrogens (primary N) is 1. The van der Waals surface area contributed by atoms with Crippen LogP contribution >= 0.6 is 51.3 Å². The molecule has 0 amide bonds. The first-order chi connectivity index (χ1) is 7.15. The Morgan fingerprint density at radius 2 is 2.38 bits per heavy atom. The summed E-state index contributed by atoms with van der Waals surface area (Å²) in [5, 5.41) is 0. The van der Waals surface area contributed by atoms with Crippen molar-refractivity contribution in [2.75, 3.05) is 13.1 Å². The van der Waals surface area contributed by atoms with Crippen LogP contribution < -0.4 is 5.73 Å². The van der Waals surface area contributed by atoms with Gasteiger partial charge in [-0.05, 0) is 41.4 Å². The van der Waals surface area contributed by atoms with Crippen LogP contribution in [0.1, 0.15) is 17.7 Å². The van der Waals surface area contributed by atoms with E-state index in [1.165, 1.54) is 11.3 Å². The number of piperidine rings is 1. The van der Waals surface area contributed by atoms with Gasteiger partial charge in [-0.1, -0.05) is 11.6 Å². The van der Waals surface area contributed by atoms with Crippen molar-refractivity contribution in [2.45, 2.75) is 25.4 Å². The fourth-order valence-corrected chi connectivity index (χ4v) is 3.76. The van der Waals surface area contributed by atoms with Gasteiger partial charge in [-0.25, -0.2) is 0 Å². The van der Waals surface area contributed by atoms with E-state index in [1.807, 2.05) is 0 Å². The van der Waals surface area contributed by atoms with E-state index in [0.717, 1.165) is 34.9 Å². The van der Waals surface area contributed by atoms with Crippen molar-refractivity contribution in [1.82, 2.24) is 4.90 Å². The number of nitrogens with zero attached hydrogens (tertiary/aromatic N) is 1. The molecular weight excluding hydrogens is 331 g/mol. The van der Waals surface area contributed by atoms with E-state index < -0.39 is 0 Å². The largest absolute Gasteiger partial charge is 0.327 e. The quantitative estimate of drug-likeness (QED) is 0.888. The summed E-state index contributed by atoms with van der Waals surface area (Å²) in [4.78, 5) is 3.71. The molecule has 1 unspecified atom stereocenters.